The summed E-state index contributed by atoms with van der Waals surface area (Å²) < 4.78 is 10.7. The fourth-order valence-electron chi connectivity index (χ4n) is 1.67. The SMILES string of the molecule is CC1CO[C@H]2OCCC12. The number of rotatable bonds is 0. The topological polar surface area (TPSA) is 18.5 Å². The van der Waals surface area contributed by atoms with Gasteiger partial charge in [-0.25, -0.2) is 0 Å². The third-order valence-electron chi connectivity index (χ3n) is 2.34. The molecule has 0 N–H and O–H groups in total. The van der Waals surface area contributed by atoms with Gasteiger partial charge < -0.3 is 9.47 Å². The zero-order chi connectivity index (χ0) is 6.27. The summed E-state index contributed by atoms with van der Waals surface area (Å²) in [7, 11) is 0. The third kappa shape index (κ3) is 0.775. The van der Waals surface area contributed by atoms with E-state index in [0.29, 0.717) is 5.92 Å². The molecule has 0 aromatic rings. The van der Waals surface area contributed by atoms with Crippen molar-refractivity contribution >= 4 is 0 Å². The van der Waals surface area contributed by atoms with Crippen LogP contribution in [0.25, 0.3) is 0 Å². The lowest BCUT2D eigenvalue weighted by molar-refractivity contribution is -0.0905. The van der Waals surface area contributed by atoms with Gasteiger partial charge in [0.2, 0.25) is 0 Å². The van der Waals surface area contributed by atoms with E-state index in [2.05, 4.69) is 6.92 Å². The Morgan fingerprint density at radius 3 is 3.00 bits per heavy atom. The van der Waals surface area contributed by atoms with Crippen LogP contribution >= 0.6 is 0 Å². The minimum Gasteiger partial charge on any atom is -0.352 e. The van der Waals surface area contributed by atoms with Crippen molar-refractivity contribution in [3.05, 3.63) is 0 Å². The van der Waals surface area contributed by atoms with Gasteiger partial charge >= 0.3 is 0 Å². The molecule has 2 heteroatoms. The van der Waals surface area contributed by atoms with Crippen LogP contribution in [0, 0.1) is 11.8 Å². The van der Waals surface area contributed by atoms with E-state index in [-0.39, 0.29) is 6.29 Å². The van der Waals surface area contributed by atoms with Gasteiger partial charge in [0, 0.05) is 5.92 Å². The predicted molar refractivity (Wildman–Crippen MR) is 33.0 cm³/mol. The molecule has 0 radical (unpaired) electrons. The molecule has 0 saturated carbocycles. The van der Waals surface area contributed by atoms with Gasteiger partial charge in [-0.15, -0.1) is 0 Å². The molecule has 0 spiro atoms. The highest BCUT2D eigenvalue weighted by Gasteiger charge is 2.38. The summed E-state index contributed by atoms with van der Waals surface area (Å²) in [5.74, 6) is 1.42. The molecule has 2 aliphatic heterocycles. The maximum absolute atomic E-state index is 5.37. The Bertz CT molecular complexity index is 113. The molecule has 9 heavy (non-hydrogen) atoms. The van der Waals surface area contributed by atoms with Crippen LogP contribution in [-0.4, -0.2) is 19.5 Å². The molecule has 2 unspecified atom stereocenters. The Morgan fingerprint density at radius 1 is 1.33 bits per heavy atom. The lowest BCUT2D eigenvalue weighted by Crippen LogP contribution is -2.12. The van der Waals surface area contributed by atoms with Crippen molar-refractivity contribution in [2.75, 3.05) is 13.2 Å². The lowest BCUT2D eigenvalue weighted by atomic mass is 9.96. The summed E-state index contributed by atoms with van der Waals surface area (Å²) in [4.78, 5) is 0. The molecular weight excluding hydrogens is 116 g/mol. The summed E-state index contributed by atoms with van der Waals surface area (Å²) in [6.45, 7) is 4.04. The van der Waals surface area contributed by atoms with E-state index in [1.807, 2.05) is 0 Å². The first kappa shape index (κ1) is 5.69. The summed E-state index contributed by atoms with van der Waals surface area (Å²) in [5, 5.41) is 0. The van der Waals surface area contributed by atoms with Crippen molar-refractivity contribution in [1.82, 2.24) is 0 Å². The van der Waals surface area contributed by atoms with E-state index >= 15 is 0 Å². The molecule has 3 atom stereocenters. The van der Waals surface area contributed by atoms with Gasteiger partial charge in [0.05, 0.1) is 13.2 Å². The molecule has 0 aliphatic carbocycles. The molecule has 52 valence electrons. The zero-order valence-electron chi connectivity index (χ0n) is 5.67. The van der Waals surface area contributed by atoms with E-state index in [1.54, 1.807) is 0 Å². The quantitative estimate of drug-likeness (QED) is 0.485. The fourth-order valence-corrected chi connectivity index (χ4v) is 1.67. The second kappa shape index (κ2) is 1.96. The molecule has 0 aromatic carbocycles. The molecule has 2 saturated heterocycles. The monoisotopic (exact) mass is 128 g/mol. The lowest BCUT2D eigenvalue weighted by Gasteiger charge is -2.07. The number of ether oxygens (including phenoxy) is 2. The van der Waals surface area contributed by atoms with Gasteiger partial charge in [-0.3, -0.25) is 0 Å². The predicted octanol–water partition coefficient (Wildman–Crippen LogP) is 1.02. The molecule has 0 bridgehead atoms. The van der Waals surface area contributed by atoms with E-state index in [4.69, 9.17) is 9.47 Å². The minimum absolute atomic E-state index is 0.153. The Labute approximate surface area is 55.1 Å². The molecule has 2 fully saturated rings. The van der Waals surface area contributed by atoms with Crippen LogP contribution < -0.4 is 0 Å². The molecule has 2 aliphatic rings. The summed E-state index contributed by atoms with van der Waals surface area (Å²) in [5.41, 5.74) is 0. The third-order valence-corrected chi connectivity index (χ3v) is 2.34. The van der Waals surface area contributed by atoms with Crippen molar-refractivity contribution in [2.24, 2.45) is 11.8 Å². The second-order valence-corrected chi connectivity index (χ2v) is 3.00. The zero-order valence-corrected chi connectivity index (χ0v) is 5.67. The Hall–Kier alpha value is -0.0800. The van der Waals surface area contributed by atoms with Gasteiger partial charge in [0.1, 0.15) is 0 Å². The van der Waals surface area contributed by atoms with Crippen LogP contribution in [0.3, 0.4) is 0 Å². The average Bonchev–Trinajstić information content (AvgIpc) is 2.35. The first-order valence-electron chi connectivity index (χ1n) is 3.61. The van der Waals surface area contributed by atoms with Crippen molar-refractivity contribution in [2.45, 2.75) is 19.6 Å². The number of hydrogen-bond acceptors (Lipinski definition) is 2. The summed E-state index contributed by atoms with van der Waals surface area (Å²) in [6.07, 6.45) is 1.35. The highest BCUT2D eigenvalue weighted by Crippen LogP contribution is 2.34. The van der Waals surface area contributed by atoms with Crippen LogP contribution in [0.4, 0.5) is 0 Å². The van der Waals surface area contributed by atoms with Gasteiger partial charge in [-0.05, 0) is 12.3 Å². The first-order valence-corrected chi connectivity index (χ1v) is 3.61. The Morgan fingerprint density at radius 2 is 2.22 bits per heavy atom. The molecule has 0 amide bonds. The molecule has 2 rings (SSSR count). The van der Waals surface area contributed by atoms with Crippen molar-refractivity contribution < 1.29 is 9.47 Å². The molecule has 2 heterocycles. The molecule has 0 aromatic heterocycles. The highest BCUT2D eigenvalue weighted by molar-refractivity contribution is 4.79. The normalized spacial score (nSPS) is 49.7. The van der Waals surface area contributed by atoms with Gasteiger partial charge in [-0.1, -0.05) is 6.92 Å². The Kier molecular flexibility index (Phi) is 1.24. The van der Waals surface area contributed by atoms with Gasteiger partial charge in [0.25, 0.3) is 0 Å². The van der Waals surface area contributed by atoms with Gasteiger partial charge in [-0.2, -0.15) is 0 Å². The molecule has 2 nitrogen and oxygen atoms in total. The van der Waals surface area contributed by atoms with Crippen LogP contribution in [0.5, 0.6) is 0 Å². The van der Waals surface area contributed by atoms with Gasteiger partial charge in [0.15, 0.2) is 6.29 Å². The maximum Gasteiger partial charge on any atom is 0.160 e. The molecular formula is C7H12O2. The van der Waals surface area contributed by atoms with Crippen molar-refractivity contribution in [3.63, 3.8) is 0 Å². The van der Waals surface area contributed by atoms with E-state index in [0.717, 1.165) is 19.1 Å². The smallest absolute Gasteiger partial charge is 0.160 e. The van der Waals surface area contributed by atoms with Crippen LogP contribution in [0.1, 0.15) is 13.3 Å². The number of fused-ring (bicyclic) bond motifs is 1. The Balaban J connectivity index is 2.07. The number of hydrogen-bond donors (Lipinski definition) is 0. The summed E-state index contributed by atoms with van der Waals surface area (Å²) in [6, 6.07) is 0. The van der Waals surface area contributed by atoms with Crippen LogP contribution in [0.15, 0.2) is 0 Å². The average molecular weight is 128 g/mol. The summed E-state index contributed by atoms with van der Waals surface area (Å²) >= 11 is 0. The fraction of sp³-hybridized carbons (Fsp3) is 1.00. The van der Waals surface area contributed by atoms with Crippen molar-refractivity contribution in [3.8, 4) is 0 Å². The van der Waals surface area contributed by atoms with Crippen LogP contribution in [0.2, 0.25) is 0 Å². The van der Waals surface area contributed by atoms with E-state index < -0.39 is 0 Å². The second-order valence-electron chi connectivity index (χ2n) is 3.00. The standard InChI is InChI=1S/C7H12O2/c1-5-4-9-7-6(5)2-3-8-7/h5-7H,2-4H2,1H3/t5?,6?,7-/m1/s1. The maximum atomic E-state index is 5.37. The highest BCUT2D eigenvalue weighted by atomic mass is 16.7. The van der Waals surface area contributed by atoms with E-state index in [1.165, 1.54) is 6.42 Å². The van der Waals surface area contributed by atoms with E-state index in [9.17, 15) is 0 Å². The first-order chi connectivity index (χ1) is 4.38. The minimum atomic E-state index is 0.153. The largest absolute Gasteiger partial charge is 0.352 e. The van der Waals surface area contributed by atoms with Crippen LogP contribution in [-0.2, 0) is 9.47 Å². The van der Waals surface area contributed by atoms with Crippen molar-refractivity contribution in [1.29, 1.82) is 0 Å².